The second-order valence-corrected chi connectivity index (χ2v) is 9.38. The molecule has 5 rings (SSSR count). The molecule has 2 aliphatic rings. The van der Waals surface area contributed by atoms with Gasteiger partial charge in [-0.15, -0.1) is 0 Å². The third kappa shape index (κ3) is 4.56. The highest BCUT2D eigenvalue weighted by molar-refractivity contribution is 6.01. The van der Waals surface area contributed by atoms with Crippen LogP contribution in [0.5, 0.6) is 5.75 Å². The van der Waals surface area contributed by atoms with Crippen molar-refractivity contribution in [2.75, 3.05) is 49.6 Å². The Morgan fingerprint density at radius 2 is 1.81 bits per heavy atom. The van der Waals surface area contributed by atoms with Crippen LogP contribution in [0, 0.1) is 5.82 Å². The van der Waals surface area contributed by atoms with Crippen LogP contribution in [0.1, 0.15) is 35.3 Å². The summed E-state index contributed by atoms with van der Waals surface area (Å²) >= 11 is 0. The first-order valence-electron chi connectivity index (χ1n) is 12.1. The molecule has 9 nitrogen and oxygen atoms in total. The summed E-state index contributed by atoms with van der Waals surface area (Å²) in [6.07, 6.45) is 3.00. The number of anilines is 2. The first-order valence-corrected chi connectivity index (χ1v) is 12.1. The van der Waals surface area contributed by atoms with Crippen LogP contribution in [0.4, 0.5) is 15.8 Å². The van der Waals surface area contributed by atoms with Crippen LogP contribution in [0.25, 0.3) is 5.65 Å². The average molecular weight is 494 g/mol. The average Bonchev–Trinajstić information content (AvgIpc) is 3.31. The van der Waals surface area contributed by atoms with E-state index in [9.17, 15) is 23.9 Å². The molecule has 36 heavy (non-hydrogen) atoms. The molecule has 188 valence electrons. The van der Waals surface area contributed by atoms with Gasteiger partial charge in [-0.3, -0.25) is 18.8 Å². The van der Waals surface area contributed by atoms with Gasteiger partial charge in [0.2, 0.25) is 11.7 Å². The number of amides is 1. The number of aromatic hydroxyl groups is 1. The molecule has 2 saturated heterocycles. The summed E-state index contributed by atoms with van der Waals surface area (Å²) in [7, 11) is 2.05. The number of benzene rings is 1. The van der Waals surface area contributed by atoms with Crippen LogP contribution >= 0.6 is 0 Å². The van der Waals surface area contributed by atoms with Crippen molar-refractivity contribution >= 4 is 28.7 Å². The van der Waals surface area contributed by atoms with Gasteiger partial charge in [-0.1, -0.05) is 12.1 Å². The molecule has 1 amide bonds. The number of halogens is 1. The summed E-state index contributed by atoms with van der Waals surface area (Å²) in [5.74, 6) is -1.66. The Labute approximate surface area is 207 Å². The number of pyridine rings is 1. The molecule has 0 aliphatic carbocycles. The molecule has 10 heteroatoms. The maximum absolute atomic E-state index is 13.2. The monoisotopic (exact) mass is 493 g/mol. The molecule has 1 aromatic carbocycles. The predicted molar refractivity (Wildman–Crippen MR) is 133 cm³/mol. The molecule has 4 heterocycles. The van der Waals surface area contributed by atoms with Gasteiger partial charge in [0, 0.05) is 51.8 Å². The van der Waals surface area contributed by atoms with Crippen LogP contribution < -0.4 is 15.4 Å². The van der Waals surface area contributed by atoms with E-state index < -0.39 is 17.1 Å². The number of aromatic nitrogens is 2. The van der Waals surface area contributed by atoms with E-state index in [0.717, 1.165) is 37.4 Å². The van der Waals surface area contributed by atoms with Crippen LogP contribution in [0.2, 0.25) is 0 Å². The summed E-state index contributed by atoms with van der Waals surface area (Å²) in [5, 5.41) is 10.7. The SMILES string of the molecule is CN1CCN(c2cc(N3CCCC3=O)c3nc(C(=O)CCc4ccc(F)cc4)c(O)c(=O)n3c2)CC1. The minimum atomic E-state index is -0.756. The van der Waals surface area contributed by atoms with Gasteiger partial charge in [-0.2, -0.15) is 0 Å². The molecule has 0 atom stereocenters. The fourth-order valence-electron chi connectivity index (χ4n) is 4.76. The highest BCUT2D eigenvalue weighted by Crippen LogP contribution is 2.31. The topological polar surface area (TPSA) is 98.5 Å². The van der Waals surface area contributed by atoms with Crippen LogP contribution in [0.15, 0.2) is 41.3 Å². The molecule has 0 unspecified atom stereocenters. The smallest absolute Gasteiger partial charge is 0.300 e. The Morgan fingerprint density at radius 1 is 1.08 bits per heavy atom. The van der Waals surface area contributed by atoms with E-state index in [0.29, 0.717) is 31.5 Å². The first-order chi connectivity index (χ1) is 17.3. The Kier molecular flexibility index (Phi) is 6.44. The van der Waals surface area contributed by atoms with Crippen molar-refractivity contribution in [3.05, 3.63) is 64.0 Å². The number of hydrogen-bond donors (Lipinski definition) is 1. The molecule has 2 aromatic heterocycles. The van der Waals surface area contributed by atoms with Crippen molar-refractivity contribution in [3.63, 3.8) is 0 Å². The normalized spacial score (nSPS) is 16.8. The molecule has 0 bridgehead atoms. The lowest BCUT2D eigenvalue weighted by atomic mass is 10.1. The summed E-state index contributed by atoms with van der Waals surface area (Å²) in [6, 6.07) is 7.65. The van der Waals surface area contributed by atoms with Crippen molar-refractivity contribution in [1.29, 1.82) is 0 Å². The number of piperazine rings is 1. The zero-order chi connectivity index (χ0) is 25.4. The Hall–Kier alpha value is -3.79. The maximum Gasteiger partial charge on any atom is 0.300 e. The quantitative estimate of drug-likeness (QED) is 0.526. The third-order valence-electron chi connectivity index (χ3n) is 6.92. The molecular formula is C26H28FN5O4. The van der Waals surface area contributed by atoms with Crippen molar-refractivity contribution in [3.8, 4) is 5.75 Å². The first kappa shape index (κ1) is 23.9. The van der Waals surface area contributed by atoms with E-state index in [1.54, 1.807) is 23.2 Å². The van der Waals surface area contributed by atoms with Crippen molar-refractivity contribution in [2.45, 2.75) is 25.7 Å². The molecule has 0 radical (unpaired) electrons. The minimum Gasteiger partial charge on any atom is -0.501 e. The number of carbonyl (C=O) groups is 2. The van der Waals surface area contributed by atoms with E-state index in [4.69, 9.17) is 0 Å². The van der Waals surface area contributed by atoms with E-state index in [1.807, 2.05) is 13.1 Å². The highest BCUT2D eigenvalue weighted by Gasteiger charge is 2.28. The van der Waals surface area contributed by atoms with Gasteiger partial charge in [0.15, 0.2) is 17.1 Å². The van der Waals surface area contributed by atoms with Gasteiger partial charge in [0.25, 0.3) is 0 Å². The summed E-state index contributed by atoms with van der Waals surface area (Å²) in [6.45, 7) is 3.71. The van der Waals surface area contributed by atoms with Gasteiger partial charge in [-0.05, 0) is 43.7 Å². The molecule has 1 N–H and O–H groups in total. The molecule has 0 spiro atoms. The summed E-state index contributed by atoms with van der Waals surface area (Å²) < 4.78 is 14.4. The Morgan fingerprint density at radius 3 is 2.47 bits per heavy atom. The van der Waals surface area contributed by atoms with Gasteiger partial charge in [0.05, 0.1) is 11.4 Å². The molecule has 0 saturated carbocycles. The largest absolute Gasteiger partial charge is 0.501 e. The number of fused-ring (bicyclic) bond motifs is 1. The zero-order valence-corrected chi connectivity index (χ0v) is 20.1. The maximum atomic E-state index is 13.2. The van der Waals surface area contributed by atoms with Crippen LogP contribution in [-0.4, -0.2) is 70.9 Å². The molecule has 2 aliphatic heterocycles. The number of rotatable bonds is 6. The number of hydrogen-bond acceptors (Lipinski definition) is 7. The minimum absolute atomic E-state index is 0.0147. The Bertz CT molecular complexity index is 1380. The molecule has 2 fully saturated rings. The molecule has 3 aromatic rings. The number of likely N-dealkylation sites (N-methyl/N-ethyl adjacent to an activating group) is 1. The zero-order valence-electron chi connectivity index (χ0n) is 20.1. The summed E-state index contributed by atoms with van der Waals surface area (Å²) in [5.41, 5.74) is 1.05. The van der Waals surface area contributed by atoms with Crippen LogP contribution in [0.3, 0.4) is 0 Å². The number of carbonyl (C=O) groups excluding carboxylic acids is 2. The molecular weight excluding hydrogens is 465 g/mol. The van der Waals surface area contributed by atoms with Gasteiger partial charge in [0.1, 0.15) is 5.82 Å². The lowest BCUT2D eigenvalue weighted by molar-refractivity contribution is -0.117. The Balaban J connectivity index is 1.55. The number of aryl methyl sites for hydroxylation is 1. The third-order valence-corrected chi connectivity index (χ3v) is 6.92. The standard InChI is InChI=1S/C26H28FN5O4/c1-29-11-13-30(14-12-29)19-15-20(31-10-2-3-22(31)34)25-28-23(24(35)26(36)32(25)16-19)21(33)9-6-17-4-7-18(27)8-5-17/h4-5,7-8,15-16,35H,2-3,6,9-14H2,1H3. The van der Waals surface area contributed by atoms with Gasteiger partial charge in [-0.25, -0.2) is 9.37 Å². The van der Waals surface area contributed by atoms with Crippen LogP contribution in [-0.2, 0) is 11.2 Å². The van der Waals surface area contributed by atoms with Gasteiger partial charge < -0.3 is 19.8 Å². The van der Waals surface area contributed by atoms with Crippen molar-refractivity contribution in [1.82, 2.24) is 14.3 Å². The second kappa shape index (κ2) is 9.69. The van der Waals surface area contributed by atoms with E-state index in [1.165, 1.54) is 16.5 Å². The van der Waals surface area contributed by atoms with E-state index >= 15 is 0 Å². The highest BCUT2D eigenvalue weighted by atomic mass is 19.1. The fraction of sp³-hybridized carbons (Fsp3) is 0.385. The van der Waals surface area contributed by atoms with Crippen molar-refractivity contribution < 1.29 is 19.1 Å². The van der Waals surface area contributed by atoms with Gasteiger partial charge >= 0.3 is 5.56 Å². The fourth-order valence-corrected chi connectivity index (χ4v) is 4.76. The number of ketones is 1. The van der Waals surface area contributed by atoms with E-state index in [2.05, 4.69) is 14.8 Å². The summed E-state index contributed by atoms with van der Waals surface area (Å²) in [4.78, 5) is 49.3. The number of nitrogens with zero attached hydrogens (tertiary/aromatic N) is 5. The van der Waals surface area contributed by atoms with E-state index in [-0.39, 0.29) is 29.5 Å². The number of Topliss-reactive ketones (excluding diaryl/α,β-unsaturated/α-hetero) is 1. The predicted octanol–water partition coefficient (Wildman–Crippen LogP) is 2.23. The van der Waals surface area contributed by atoms with Crippen molar-refractivity contribution in [2.24, 2.45) is 0 Å². The second-order valence-electron chi connectivity index (χ2n) is 9.38. The lowest BCUT2D eigenvalue weighted by Crippen LogP contribution is -2.44. The lowest BCUT2D eigenvalue weighted by Gasteiger charge is -2.34.